The molecule has 0 bridgehead atoms. The van der Waals surface area contributed by atoms with Crippen molar-refractivity contribution in [3.05, 3.63) is 70.1 Å². The average Bonchev–Trinajstić information content (AvgIpc) is 2.65. The van der Waals surface area contributed by atoms with E-state index in [1.165, 1.54) is 19.1 Å². The smallest absolute Gasteiger partial charge is 0.347 e. The number of ether oxygens (including phenoxy) is 2. The van der Waals surface area contributed by atoms with Gasteiger partial charge in [0.25, 0.3) is 0 Å². The molecule has 1 aromatic heterocycles. The molecule has 1 heterocycles. The van der Waals surface area contributed by atoms with Crippen LogP contribution in [0.15, 0.2) is 57.7 Å². The van der Waals surface area contributed by atoms with Crippen LogP contribution in [0.5, 0.6) is 11.5 Å². The SMILES string of the molecule is COc1ccc(C(=O)COc2ccc3cc(C(C)=O)c(=O)oc3c2)cc1. The van der Waals surface area contributed by atoms with Crippen LogP contribution in [-0.4, -0.2) is 25.3 Å². The second-order valence-corrected chi connectivity index (χ2v) is 5.64. The molecule has 26 heavy (non-hydrogen) atoms. The fourth-order valence-electron chi connectivity index (χ4n) is 2.44. The molecule has 0 spiro atoms. The molecule has 132 valence electrons. The van der Waals surface area contributed by atoms with Gasteiger partial charge in [0.2, 0.25) is 0 Å². The fraction of sp³-hybridized carbons (Fsp3) is 0.150. The molecule has 0 aliphatic rings. The van der Waals surface area contributed by atoms with Gasteiger partial charge in [0.05, 0.1) is 7.11 Å². The van der Waals surface area contributed by atoms with E-state index in [1.807, 2.05) is 0 Å². The highest BCUT2D eigenvalue weighted by Crippen LogP contribution is 2.21. The molecule has 0 aliphatic heterocycles. The number of hydrogen-bond donors (Lipinski definition) is 0. The second kappa shape index (κ2) is 7.23. The molecule has 6 heteroatoms. The summed E-state index contributed by atoms with van der Waals surface area (Å²) in [5, 5.41) is 0.601. The Balaban J connectivity index is 1.76. The zero-order valence-electron chi connectivity index (χ0n) is 14.3. The number of rotatable bonds is 6. The number of carbonyl (C=O) groups excluding carboxylic acids is 2. The van der Waals surface area contributed by atoms with Gasteiger partial charge in [-0.1, -0.05) is 0 Å². The first-order valence-electron chi connectivity index (χ1n) is 7.87. The molecule has 0 radical (unpaired) electrons. The van der Waals surface area contributed by atoms with Crippen molar-refractivity contribution in [3.8, 4) is 11.5 Å². The van der Waals surface area contributed by atoms with Crippen molar-refractivity contribution in [2.75, 3.05) is 13.7 Å². The standard InChI is InChI=1S/C20H16O6/c1-12(21)17-9-14-5-8-16(10-19(14)26-20(17)23)25-11-18(22)13-3-6-15(24-2)7-4-13/h3-10H,11H2,1-2H3. The minimum Gasteiger partial charge on any atom is -0.497 e. The van der Waals surface area contributed by atoms with Gasteiger partial charge in [-0.3, -0.25) is 9.59 Å². The summed E-state index contributed by atoms with van der Waals surface area (Å²) in [5.74, 6) is 0.502. The van der Waals surface area contributed by atoms with Crippen molar-refractivity contribution in [2.24, 2.45) is 0 Å². The number of benzene rings is 2. The Hall–Kier alpha value is -3.41. The number of carbonyl (C=O) groups is 2. The Morgan fingerprint density at radius 2 is 1.69 bits per heavy atom. The molecule has 0 amide bonds. The molecular formula is C20H16O6. The highest BCUT2D eigenvalue weighted by atomic mass is 16.5. The zero-order chi connectivity index (χ0) is 18.7. The molecule has 3 rings (SSSR count). The quantitative estimate of drug-likeness (QED) is 0.500. The highest BCUT2D eigenvalue weighted by Gasteiger charge is 2.11. The Morgan fingerprint density at radius 1 is 1.00 bits per heavy atom. The third kappa shape index (κ3) is 3.64. The predicted molar refractivity (Wildman–Crippen MR) is 95.3 cm³/mol. The largest absolute Gasteiger partial charge is 0.497 e. The Morgan fingerprint density at radius 3 is 2.35 bits per heavy atom. The first-order chi connectivity index (χ1) is 12.5. The fourth-order valence-corrected chi connectivity index (χ4v) is 2.44. The van der Waals surface area contributed by atoms with Gasteiger partial charge in [-0.2, -0.15) is 0 Å². The molecule has 0 saturated heterocycles. The van der Waals surface area contributed by atoms with Crippen LogP contribution >= 0.6 is 0 Å². The van der Waals surface area contributed by atoms with Crippen LogP contribution in [0.3, 0.4) is 0 Å². The highest BCUT2D eigenvalue weighted by molar-refractivity contribution is 5.98. The third-order valence-corrected chi connectivity index (χ3v) is 3.87. The second-order valence-electron chi connectivity index (χ2n) is 5.64. The van der Waals surface area contributed by atoms with Gasteiger partial charge in [-0.05, 0) is 49.4 Å². The van der Waals surface area contributed by atoms with Crippen molar-refractivity contribution in [1.82, 2.24) is 0 Å². The summed E-state index contributed by atoms with van der Waals surface area (Å²) < 4.78 is 15.7. The summed E-state index contributed by atoms with van der Waals surface area (Å²) >= 11 is 0. The van der Waals surface area contributed by atoms with E-state index < -0.39 is 5.63 Å². The molecular weight excluding hydrogens is 336 g/mol. The summed E-state index contributed by atoms with van der Waals surface area (Å²) in [6.07, 6.45) is 0. The summed E-state index contributed by atoms with van der Waals surface area (Å²) in [7, 11) is 1.55. The van der Waals surface area contributed by atoms with Gasteiger partial charge in [0, 0.05) is 17.0 Å². The van der Waals surface area contributed by atoms with Gasteiger partial charge in [0.15, 0.2) is 18.2 Å². The number of ketones is 2. The van der Waals surface area contributed by atoms with E-state index in [4.69, 9.17) is 13.9 Å². The maximum absolute atomic E-state index is 12.2. The van der Waals surface area contributed by atoms with Crippen molar-refractivity contribution in [1.29, 1.82) is 0 Å². The summed E-state index contributed by atoms with van der Waals surface area (Å²) in [6.45, 7) is 1.15. The first kappa shape index (κ1) is 17.4. The lowest BCUT2D eigenvalue weighted by Crippen LogP contribution is -2.12. The number of hydrogen-bond acceptors (Lipinski definition) is 6. The van der Waals surface area contributed by atoms with E-state index in [0.717, 1.165) is 0 Å². The molecule has 6 nitrogen and oxygen atoms in total. The molecule has 0 saturated carbocycles. The van der Waals surface area contributed by atoms with Crippen LogP contribution in [0.4, 0.5) is 0 Å². The number of fused-ring (bicyclic) bond motifs is 1. The van der Waals surface area contributed by atoms with Gasteiger partial charge in [0.1, 0.15) is 22.6 Å². The summed E-state index contributed by atoms with van der Waals surface area (Å²) in [4.78, 5) is 35.4. The van der Waals surface area contributed by atoms with E-state index in [-0.39, 0.29) is 29.3 Å². The van der Waals surface area contributed by atoms with Crippen molar-refractivity contribution in [3.63, 3.8) is 0 Å². The van der Waals surface area contributed by atoms with Crippen molar-refractivity contribution in [2.45, 2.75) is 6.92 Å². The average molecular weight is 352 g/mol. The maximum atomic E-state index is 12.2. The van der Waals surface area contributed by atoms with Crippen LogP contribution in [0.25, 0.3) is 11.0 Å². The zero-order valence-corrected chi connectivity index (χ0v) is 14.3. The summed E-state index contributed by atoms with van der Waals surface area (Å²) in [5.41, 5.74) is 0.0935. The lowest BCUT2D eigenvalue weighted by molar-refractivity contribution is 0.0920. The van der Waals surface area contributed by atoms with Crippen LogP contribution in [-0.2, 0) is 0 Å². The van der Waals surface area contributed by atoms with Crippen LogP contribution < -0.4 is 15.1 Å². The minimum atomic E-state index is -0.698. The third-order valence-electron chi connectivity index (χ3n) is 3.87. The molecule has 2 aromatic carbocycles. The number of Topliss-reactive ketones (excluding diaryl/α,β-unsaturated/α-hetero) is 2. The topological polar surface area (TPSA) is 82.8 Å². The van der Waals surface area contributed by atoms with E-state index in [9.17, 15) is 14.4 Å². The van der Waals surface area contributed by atoms with Gasteiger partial charge >= 0.3 is 5.63 Å². The first-order valence-corrected chi connectivity index (χ1v) is 7.87. The number of methoxy groups -OCH3 is 1. The normalized spacial score (nSPS) is 10.5. The molecule has 0 unspecified atom stereocenters. The molecule has 0 atom stereocenters. The van der Waals surface area contributed by atoms with E-state index in [2.05, 4.69) is 0 Å². The lowest BCUT2D eigenvalue weighted by Gasteiger charge is -2.07. The summed E-state index contributed by atoms with van der Waals surface area (Å²) in [6, 6.07) is 13.0. The van der Waals surface area contributed by atoms with Crippen LogP contribution in [0.2, 0.25) is 0 Å². The van der Waals surface area contributed by atoms with Gasteiger partial charge < -0.3 is 13.9 Å². The Labute approximate surface area is 149 Å². The van der Waals surface area contributed by atoms with Crippen LogP contribution in [0.1, 0.15) is 27.6 Å². The maximum Gasteiger partial charge on any atom is 0.347 e. The van der Waals surface area contributed by atoms with E-state index in [0.29, 0.717) is 22.4 Å². The van der Waals surface area contributed by atoms with Crippen molar-refractivity contribution < 1.29 is 23.5 Å². The predicted octanol–water partition coefficient (Wildman–Crippen LogP) is 3.27. The van der Waals surface area contributed by atoms with Crippen molar-refractivity contribution >= 4 is 22.5 Å². The monoisotopic (exact) mass is 352 g/mol. The van der Waals surface area contributed by atoms with Crippen LogP contribution in [0, 0.1) is 0 Å². The van der Waals surface area contributed by atoms with Gasteiger partial charge in [-0.15, -0.1) is 0 Å². The molecule has 0 aliphatic carbocycles. The lowest BCUT2D eigenvalue weighted by atomic mass is 10.1. The van der Waals surface area contributed by atoms with E-state index >= 15 is 0 Å². The molecule has 0 N–H and O–H groups in total. The Kier molecular flexibility index (Phi) is 4.84. The Bertz CT molecular complexity index is 1030. The minimum absolute atomic E-state index is 0.000789. The van der Waals surface area contributed by atoms with Gasteiger partial charge in [-0.25, -0.2) is 4.79 Å². The molecule has 0 fully saturated rings. The van der Waals surface area contributed by atoms with E-state index in [1.54, 1.807) is 43.5 Å². The molecule has 3 aromatic rings.